The van der Waals surface area contributed by atoms with Gasteiger partial charge in [0.1, 0.15) is 0 Å². The lowest BCUT2D eigenvalue weighted by Gasteiger charge is -2.00. The van der Waals surface area contributed by atoms with E-state index >= 15 is 0 Å². The SMILES string of the molecule is CCOC(=O)c1c(Br)csc1C=O.O=c1[nH]ncc2scc(Br)c12. The van der Waals surface area contributed by atoms with Crippen LogP contribution in [0.5, 0.6) is 0 Å². The third-order valence-electron chi connectivity index (χ3n) is 2.71. The summed E-state index contributed by atoms with van der Waals surface area (Å²) in [7, 11) is 0. The number of fused-ring (bicyclic) bond motifs is 1. The predicted molar refractivity (Wildman–Crippen MR) is 101 cm³/mol. The van der Waals surface area contributed by atoms with Crippen molar-refractivity contribution in [2.75, 3.05) is 6.61 Å². The van der Waals surface area contributed by atoms with Gasteiger partial charge in [0.05, 0.1) is 33.3 Å². The molecule has 3 heterocycles. The third kappa shape index (κ3) is 4.18. The quantitative estimate of drug-likeness (QED) is 0.435. The first-order valence-corrected chi connectivity index (χ1v) is 9.83. The smallest absolute Gasteiger partial charge is 0.340 e. The van der Waals surface area contributed by atoms with Gasteiger partial charge in [-0.3, -0.25) is 9.59 Å². The van der Waals surface area contributed by atoms with Crippen molar-refractivity contribution >= 4 is 76.9 Å². The molecule has 0 saturated carbocycles. The van der Waals surface area contributed by atoms with Crippen molar-refractivity contribution in [2.45, 2.75) is 6.92 Å². The maximum Gasteiger partial charge on any atom is 0.340 e. The van der Waals surface area contributed by atoms with Crippen LogP contribution < -0.4 is 5.56 Å². The summed E-state index contributed by atoms with van der Waals surface area (Å²) < 4.78 is 7.14. The summed E-state index contributed by atoms with van der Waals surface area (Å²) in [6.45, 7) is 2.03. The second-order valence-electron chi connectivity index (χ2n) is 4.18. The number of rotatable bonds is 3. The fourth-order valence-corrected chi connectivity index (χ4v) is 4.80. The molecule has 0 radical (unpaired) electrons. The molecule has 3 rings (SSSR count). The number of nitrogens with zero attached hydrogens (tertiary/aromatic N) is 1. The number of carbonyl (C=O) groups excluding carboxylic acids is 2. The number of aldehydes is 1. The topological polar surface area (TPSA) is 89.1 Å². The molecule has 0 bridgehead atoms. The fourth-order valence-electron chi connectivity index (χ4n) is 1.71. The number of ether oxygens (including phenoxy) is 1. The van der Waals surface area contributed by atoms with Gasteiger partial charge in [-0.15, -0.1) is 22.7 Å². The summed E-state index contributed by atoms with van der Waals surface area (Å²) in [4.78, 5) is 33.3. The van der Waals surface area contributed by atoms with E-state index in [9.17, 15) is 14.4 Å². The van der Waals surface area contributed by atoms with Crippen LogP contribution in [0.4, 0.5) is 0 Å². The molecule has 0 aliphatic rings. The minimum Gasteiger partial charge on any atom is -0.462 e. The number of esters is 1. The molecule has 0 saturated heterocycles. The first-order valence-electron chi connectivity index (χ1n) is 6.49. The van der Waals surface area contributed by atoms with Gasteiger partial charge in [0.2, 0.25) is 0 Å². The Balaban J connectivity index is 0.000000175. The van der Waals surface area contributed by atoms with Crippen LogP contribution in [0.15, 0.2) is 30.7 Å². The van der Waals surface area contributed by atoms with Gasteiger partial charge in [-0.2, -0.15) is 5.10 Å². The molecule has 0 unspecified atom stereocenters. The molecule has 10 heteroatoms. The van der Waals surface area contributed by atoms with E-state index in [1.807, 2.05) is 5.38 Å². The zero-order chi connectivity index (χ0) is 17.7. The molecule has 6 nitrogen and oxygen atoms in total. The highest BCUT2D eigenvalue weighted by molar-refractivity contribution is 9.11. The second kappa shape index (κ2) is 8.65. The molecule has 3 aromatic rings. The molecule has 0 aromatic carbocycles. The van der Waals surface area contributed by atoms with Crippen LogP contribution in [0.3, 0.4) is 0 Å². The van der Waals surface area contributed by atoms with Crippen molar-refractivity contribution in [2.24, 2.45) is 0 Å². The minimum atomic E-state index is -0.460. The number of nitrogens with one attached hydrogen (secondary N) is 1. The van der Waals surface area contributed by atoms with Crippen molar-refractivity contribution in [3.05, 3.63) is 46.7 Å². The Hall–Kier alpha value is -1.36. The first-order chi connectivity index (χ1) is 11.5. The van der Waals surface area contributed by atoms with Gasteiger partial charge < -0.3 is 4.74 Å². The molecule has 0 aliphatic carbocycles. The van der Waals surface area contributed by atoms with Gasteiger partial charge in [0.25, 0.3) is 5.56 Å². The molecule has 24 heavy (non-hydrogen) atoms. The van der Waals surface area contributed by atoms with Crippen molar-refractivity contribution in [3.8, 4) is 0 Å². The monoisotopic (exact) mass is 492 g/mol. The summed E-state index contributed by atoms with van der Waals surface area (Å²) >= 11 is 9.17. The van der Waals surface area contributed by atoms with E-state index in [1.54, 1.807) is 18.5 Å². The summed E-state index contributed by atoms with van der Waals surface area (Å²) in [5.74, 6) is -0.460. The van der Waals surface area contributed by atoms with Crippen molar-refractivity contribution < 1.29 is 14.3 Å². The van der Waals surface area contributed by atoms with Gasteiger partial charge in [-0.25, -0.2) is 9.89 Å². The summed E-state index contributed by atoms with van der Waals surface area (Å²) in [5.41, 5.74) is 0.178. The second-order valence-corrected chi connectivity index (χ2v) is 7.71. The molecular formula is C14H10Br2N2O4S2. The van der Waals surface area contributed by atoms with Gasteiger partial charge in [-0.1, -0.05) is 0 Å². The van der Waals surface area contributed by atoms with E-state index in [2.05, 4.69) is 42.1 Å². The maximum absolute atomic E-state index is 11.3. The van der Waals surface area contributed by atoms with E-state index in [0.717, 1.165) is 9.17 Å². The standard InChI is InChI=1S/C8H7BrO3S.C6H3BrN2OS/c1-2-12-8(11)7-5(9)4-13-6(7)3-10;7-3-2-11-4-1-8-9-6(10)5(3)4/h3-4H,2H2,1H3;1-2H,(H,9,10). The zero-order valence-corrected chi connectivity index (χ0v) is 17.0. The first kappa shape index (κ1) is 19.0. The van der Waals surface area contributed by atoms with Crippen LogP contribution in [-0.4, -0.2) is 29.1 Å². The van der Waals surface area contributed by atoms with E-state index < -0.39 is 5.97 Å². The number of hydrogen-bond donors (Lipinski definition) is 1. The van der Waals surface area contributed by atoms with Crippen molar-refractivity contribution in [3.63, 3.8) is 0 Å². The third-order valence-corrected chi connectivity index (χ3v) is 6.39. The Morgan fingerprint density at radius 2 is 2.04 bits per heavy atom. The Morgan fingerprint density at radius 1 is 1.33 bits per heavy atom. The van der Waals surface area contributed by atoms with Crippen LogP contribution in [-0.2, 0) is 4.74 Å². The number of aromatic amines is 1. The Bertz CT molecular complexity index is 932. The summed E-state index contributed by atoms with van der Waals surface area (Å²) in [6, 6.07) is 0. The van der Waals surface area contributed by atoms with E-state index in [1.165, 1.54) is 22.7 Å². The summed E-state index contributed by atoms with van der Waals surface area (Å²) in [5, 5.41) is 10.3. The Morgan fingerprint density at radius 3 is 2.67 bits per heavy atom. The number of thiophene rings is 2. The Labute approximate surface area is 161 Å². The van der Waals surface area contributed by atoms with Crippen molar-refractivity contribution in [1.29, 1.82) is 0 Å². The van der Waals surface area contributed by atoms with Crippen LogP contribution in [0, 0.1) is 0 Å². The van der Waals surface area contributed by atoms with E-state index in [4.69, 9.17) is 4.74 Å². The number of H-pyrrole nitrogens is 1. The fraction of sp³-hybridized carbons (Fsp3) is 0.143. The molecule has 0 fully saturated rings. The molecule has 1 N–H and O–H groups in total. The molecule has 0 atom stereocenters. The zero-order valence-electron chi connectivity index (χ0n) is 12.2. The average molecular weight is 494 g/mol. The van der Waals surface area contributed by atoms with Crippen LogP contribution >= 0.6 is 54.5 Å². The van der Waals surface area contributed by atoms with Gasteiger partial charge in [-0.05, 0) is 38.8 Å². The number of carbonyl (C=O) groups is 2. The highest BCUT2D eigenvalue weighted by atomic mass is 79.9. The summed E-state index contributed by atoms with van der Waals surface area (Å²) in [6.07, 6.45) is 2.30. The number of hydrogen-bond acceptors (Lipinski definition) is 7. The number of halogens is 2. The lowest BCUT2D eigenvalue weighted by Crippen LogP contribution is -2.06. The molecule has 3 aromatic heterocycles. The lowest BCUT2D eigenvalue weighted by molar-refractivity contribution is 0.0524. The van der Waals surface area contributed by atoms with Crippen LogP contribution in [0.25, 0.3) is 10.1 Å². The average Bonchev–Trinajstić information content (AvgIpc) is 3.12. The van der Waals surface area contributed by atoms with Crippen LogP contribution in [0.2, 0.25) is 0 Å². The van der Waals surface area contributed by atoms with E-state index in [-0.39, 0.29) is 5.56 Å². The molecule has 126 valence electrons. The van der Waals surface area contributed by atoms with Gasteiger partial charge >= 0.3 is 5.97 Å². The van der Waals surface area contributed by atoms with Crippen LogP contribution in [0.1, 0.15) is 27.0 Å². The molecular weight excluding hydrogens is 484 g/mol. The maximum atomic E-state index is 11.3. The minimum absolute atomic E-state index is 0.143. The highest BCUT2D eigenvalue weighted by Crippen LogP contribution is 2.27. The molecule has 0 spiro atoms. The predicted octanol–water partition coefficient (Wildman–Crippen LogP) is 4.25. The molecule has 0 aliphatic heterocycles. The van der Waals surface area contributed by atoms with E-state index in [0.29, 0.717) is 33.2 Å². The van der Waals surface area contributed by atoms with Gasteiger partial charge in [0.15, 0.2) is 6.29 Å². The normalized spacial score (nSPS) is 10.1. The Kier molecular flexibility index (Phi) is 6.84. The number of aromatic nitrogens is 2. The molecule has 0 amide bonds. The van der Waals surface area contributed by atoms with Crippen molar-refractivity contribution in [1.82, 2.24) is 10.2 Å². The van der Waals surface area contributed by atoms with Gasteiger partial charge in [0, 0.05) is 19.7 Å². The lowest BCUT2D eigenvalue weighted by atomic mass is 10.3. The largest absolute Gasteiger partial charge is 0.462 e. The highest BCUT2D eigenvalue weighted by Gasteiger charge is 2.17.